The monoisotopic (exact) mass is 223 g/mol. The minimum absolute atomic E-state index is 1.06. The van der Waals surface area contributed by atoms with Crippen molar-refractivity contribution in [3.8, 4) is 10.4 Å². The van der Waals surface area contributed by atoms with E-state index in [4.69, 9.17) is 0 Å². The van der Waals surface area contributed by atoms with E-state index in [1.54, 1.807) is 11.3 Å². The van der Waals surface area contributed by atoms with Crippen LogP contribution in [0.5, 0.6) is 0 Å². The molecular weight excluding hydrogens is 212 g/mol. The summed E-state index contributed by atoms with van der Waals surface area (Å²) in [7, 11) is 0. The Kier molecular flexibility index (Phi) is 2.26. The van der Waals surface area contributed by atoms with Gasteiger partial charge in [-0.25, -0.2) is 0 Å². The highest BCUT2D eigenvalue weighted by atomic mass is 32.1. The van der Waals surface area contributed by atoms with E-state index < -0.39 is 0 Å². The number of hydrogen-bond acceptors (Lipinski definition) is 1. The third kappa shape index (κ3) is 1.54. The maximum Gasteiger partial charge on any atom is 0.0421 e. The second-order valence-corrected chi connectivity index (χ2v) is 4.73. The first-order valence-corrected chi connectivity index (χ1v) is 6.11. The maximum atomic E-state index is 3.91. The van der Waals surface area contributed by atoms with Crippen LogP contribution in [-0.2, 0) is 0 Å². The van der Waals surface area contributed by atoms with Gasteiger partial charge in [-0.1, -0.05) is 48.5 Å². The Balaban J connectivity index is 2.22. The number of fused-ring (bicyclic) bond motifs is 1. The van der Waals surface area contributed by atoms with Crippen LogP contribution in [0, 0.1) is 6.92 Å². The number of rotatable bonds is 1. The van der Waals surface area contributed by atoms with Gasteiger partial charge in [-0.05, 0) is 28.8 Å². The van der Waals surface area contributed by atoms with Crippen LogP contribution in [0.2, 0.25) is 0 Å². The van der Waals surface area contributed by atoms with Gasteiger partial charge in [0.25, 0.3) is 0 Å². The summed E-state index contributed by atoms with van der Waals surface area (Å²) in [6.07, 6.45) is 0. The first-order chi connectivity index (χ1) is 7.84. The predicted molar refractivity (Wildman–Crippen MR) is 71.7 cm³/mol. The van der Waals surface area contributed by atoms with E-state index in [1.807, 2.05) is 0 Å². The van der Waals surface area contributed by atoms with Gasteiger partial charge in [-0.3, -0.25) is 0 Å². The second-order valence-electron chi connectivity index (χ2n) is 3.85. The van der Waals surface area contributed by atoms with Gasteiger partial charge in [-0.2, -0.15) is 0 Å². The third-order valence-electron chi connectivity index (χ3n) is 2.73. The predicted octanol–water partition coefficient (Wildman–Crippen LogP) is 4.75. The zero-order valence-electron chi connectivity index (χ0n) is 8.81. The molecule has 0 bridgehead atoms. The van der Waals surface area contributed by atoms with Crippen LogP contribution < -0.4 is 0 Å². The summed E-state index contributed by atoms with van der Waals surface area (Å²) in [6, 6.07) is 16.9. The van der Waals surface area contributed by atoms with E-state index in [9.17, 15) is 0 Å². The molecule has 0 saturated heterocycles. The molecule has 1 aromatic heterocycles. The highest BCUT2D eigenvalue weighted by molar-refractivity contribution is 7.15. The van der Waals surface area contributed by atoms with Gasteiger partial charge in [-0.15, -0.1) is 11.3 Å². The number of benzene rings is 2. The Labute approximate surface area is 99.2 Å². The van der Waals surface area contributed by atoms with Gasteiger partial charge >= 0.3 is 0 Å². The van der Waals surface area contributed by atoms with Crippen LogP contribution in [0.1, 0.15) is 5.56 Å². The van der Waals surface area contributed by atoms with E-state index >= 15 is 0 Å². The minimum Gasteiger partial charge on any atom is -0.143 e. The van der Waals surface area contributed by atoms with Crippen molar-refractivity contribution in [3.63, 3.8) is 0 Å². The molecule has 0 unspecified atom stereocenters. The Morgan fingerprint density at radius 2 is 1.62 bits per heavy atom. The summed E-state index contributed by atoms with van der Waals surface area (Å²) in [5.74, 6) is 0. The van der Waals surface area contributed by atoms with Crippen LogP contribution in [0.15, 0.2) is 53.9 Å². The molecular formula is C15H11S. The van der Waals surface area contributed by atoms with Gasteiger partial charge in [0.2, 0.25) is 0 Å². The van der Waals surface area contributed by atoms with Crippen molar-refractivity contribution in [2.45, 2.75) is 0 Å². The van der Waals surface area contributed by atoms with Gasteiger partial charge < -0.3 is 0 Å². The summed E-state index contributed by atoms with van der Waals surface area (Å²) in [6.45, 7) is 3.91. The molecule has 0 atom stereocenters. The number of thiophene rings is 1. The molecule has 0 aliphatic carbocycles. The van der Waals surface area contributed by atoms with Gasteiger partial charge in [0, 0.05) is 10.3 Å². The fourth-order valence-corrected chi connectivity index (χ4v) is 2.91. The Morgan fingerprint density at radius 3 is 2.44 bits per heavy atom. The lowest BCUT2D eigenvalue weighted by atomic mass is 10.1. The lowest BCUT2D eigenvalue weighted by molar-refractivity contribution is 1.62. The minimum atomic E-state index is 1.06. The van der Waals surface area contributed by atoms with Crippen molar-refractivity contribution in [2.24, 2.45) is 0 Å². The van der Waals surface area contributed by atoms with E-state index in [0.717, 1.165) is 5.56 Å². The largest absolute Gasteiger partial charge is 0.143 e. The zero-order chi connectivity index (χ0) is 11.0. The first kappa shape index (κ1) is 9.61. The molecule has 0 amide bonds. The van der Waals surface area contributed by atoms with E-state index in [2.05, 4.69) is 60.8 Å². The summed E-state index contributed by atoms with van der Waals surface area (Å²) in [5.41, 5.74) is 2.34. The molecule has 0 aliphatic rings. The lowest BCUT2D eigenvalue weighted by Crippen LogP contribution is -1.75. The Hall–Kier alpha value is -1.60. The van der Waals surface area contributed by atoms with Crippen molar-refractivity contribution >= 4 is 22.1 Å². The van der Waals surface area contributed by atoms with Gasteiger partial charge in [0.05, 0.1) is 0 Å². The molecule has 3 rings (SSSR count). The average molecular weight is 223 g/mol. The number of hydrogen-bond donors (Lipinski definition) is 0. The highest BCUT2D eigenvalue weighted by Gasteiger charge is 2.05. The van der Waals surface area contributed by atoms with Crippen molar-refractivity contribution in [1.82, 2.24) is 0 Å². The van der Waals surface area contributed by atoms with E-state index in [1.165, 1.54) is 21.2 Å². The SMILES string of the molecule is [CH2]c1ccc(-c2scc3ccccc23)cc1. The molecule has 0 spiro atoms. The van der Waals surface area contributed by atoms with Crippen LogP contribution in [0.3, 0.4) is 0 Å². The van der Waals surface area contributed by atoms with Gasteiger partial charge in [0.15, 0.2) is 0 Å². The van der Waals surface area contributed by atoms with Crippen molar-refractivity contribution in [3.05, 3.63) is 66.4 Å². The van der Waals surface area contributed by atoms with Crippen LogP contribution in [0.25, 0.3) is 21.2 Å². The lowest BCUT2D eigenvalue weighted by Gasteiger charge is -1.99. The molecule has 3 aromatic rings. The molecule has 0 aliphatic heterocycles. The van der Waals surface area contributed by atoms with Crippen LogP contribution >= 0.6 is 11.3 Å². The highest BCUT2D eigenvalue weighted by Crippen LogP contribution is 2.34. The quantitative estimate of drug-likeness (QED) is 0.558. The fourth-order valence-electron chi connectivity index (χ4n) is 1.87. The van der Waals surface area contributed by atoms with Crippen molar-refractivity contribution < 1.29 is 0 Å². The van der Waals surface area contributed by atoms with Crippen molar-refractivity contribution in [2.75, 3.05) is 0 Å². The molecule has 2 aromatic carbocycles. The average Bonchev–Trinajstić information content (AvgIpc) is 2.74. The molecule has 0 N–H and O–H groups in total. The molecule has 0 saturated carbocycles. The van der Waals surface area contributed by atoms with E-state index in [-0.39, 0.29) is 0 Å². The maximum absolute atomic E-state index is 3.91. The van der Waals surface area contributed by atoms with Crippen LogP contribution in [0.4, 0.5) is 0 Å². The second kappa shape index (κ2) is 3.76. The molecule has 0 fully saturated rings. The normalized spacial score (nSPS) is 10.8. The Morgan fingerprint density at radius 1 is 0.875 bits per heavy atom. The van der Waals surface area contributed by atoms with Crippen LogP contribution in [-0.4, -0.2) is 0 Å². The fraction of sp³-hybridized carbons (Fsp3) is 0. The van der Waals surface area contributed by atoms with Gasteiger partial charge in [0.1, 0.15) is 0 Å². The summed E-state index contributed by atoms with van der Waals surface area (Å²) in [5, 5.41) is 4.87. The smallest absolute Gasteiger partial charge is 0.0421 e. The zero-order valence-corrected chi connectivity index (χ0v) is 9.63. The van der Waals surface area contributed by atoms with Crippen molar-refractivity contribution in [1.29, 1.82) is 0 Å². The first-order valence-electron chi connectivity index (χ1n) is 5.23. The topological polar surface area (TPSA) is 0 Å². The summed E-state index contributed by atoms with van der Waals surface area (Å²) in [4.78, 5) is 1.34. The molecule has 1 radical (unpaired) electrons. The van der Waals surface area contributed by atoms with E-state index in [0.29, 0.717) is 0 Å². The molecule has 77 valence electrons. The molecule has 16 heavy (non-hydrogen) atoms. The Bertz CT molecular complexity index is 617. The summed E-state index contributed by atoms with van der Waals surface area (Å²) >= 11 is 1.80. The molecule has 1 heteroatoms. The standard InChI is InChI=1S/C15H11S/c1-11-6-8-12(9-7-11)15-14-5-3-2-4-13(14)10-16-15/h2-10H,1H2. The molecule has 1 heterocycles. The third-order valence-corrected chi connectivity index (χ3v) is 3.79. The molecule has 0 nitrogen and oxygen atoms in total. The summed E-state index contributed by atoms with van der Waals surface area (Å²) < 4.78 is 0.